The number of aromatic amines is 1. The summed E-state index contributed by atoms with van der Waals surface area (Å²) >= 11 is 0. The summed E-state index contributed by atoms with van der Waals surface area (Å²) in [5.41, 5.74) is 2.04. The Labute approximate surface area is 111 Å². The van der Waals surface area contributed by atoms with E-state index in [-0.39, 0.29) is 12.1 Å². The smallest absolute Gasteiger partial charge is 0.302 e. The number of hydrogen-bond donors (Lipinski definition) is 1. The Kier molecular flexibility index (Phi) is 3.11. The van der Waals surface area contributed by atoms with Crippen molar-refractivity contribution in [2.45, 2.75) is 25.9 Å². The molecule has 0 aliphatic carbocycles. The Hall–Kier alpha value is -2.04. The van der Waals surface area contributed by atoms with E-state index in [4.69, 9.17) is 4.74 Å². The summed E-state index contributed by atoms with van der Waals surface area (Å²) in [6.45, 7) is 3.18. The van der Waals surface area contributed by atoms with Crippen molar-refractivity contribution in [1.82, 2.24) is 9.97 Å². The number of anilines is 1. The second kappa shape index (κ2) is 4.91. The van der Waals surface area contributed by atoms with Crippen molar-refractivity contribution in [2.75, 3.05) is 18.0 Å². The van der Waals surface area contributed by atoms with Crippen LogP contribution >= 0.6 is 0 Å². The lowest BCUT2D eigenvalue weighted by molar-refractivity contribution is -0.147. The average molecular weight is 259 g/mol. The van der Waals surface area contributed by atoms with Gasteiger partial charge in [-0.05, 0) is 12.1 Å². The second-order valence-electron chi connectivity index (χ2n) is 4.87. The normalized spacial score (nSPS) is 16.8. The molecule has 0 unspecified atom stereocenters. The van der Waals surface area contributed by atoms with E-state index in [2.05, 4.69) is 14.9 Å². The summed E-state index contributed by atoms with van der Waals surface area (Å²) in [5.74, 6) is 0.713. The van der Waals surface area contributed by atoms with E-state index in [1.807, 2.05) is 24.3 Å². The fraction of sp³-hybridized carbons (Fsp3) is 0.429. The number of ether oxygens (including phenoxy) is 1. The van der Waals surface area contributed by atoms with Gasteiger partial charge < -0.3 is 14.6 Å². The SMILES string of the molecule is CC(=O)OC1CCN(c2nc3ccccc3[nH]2)CC1. The largest absolute Gasteiger partial charge is 0.462 e. The number of nitrogens with one attached hydrogen (secondary N) is 1. The molecule has 0 saturated carbocycles. The van der Waals surface area contributed by atoms with Gasteiger partial charge in [0.2, 0.25) is 5.95 Å². The second-order valence-corrected chi connectivity index (χ2v) is 4.87. The summed E-state index contributed by atoms with van der Waals surface area (Å²) in [4.78, 5) is 21.0. The number of fused-ring (bicyclic) bond motifs is 1. The van der Waals surface area contributed by atoms with Gasteiger partial charge in [-0.15, -0.1) is 0 Å². The fourth-order valence-electron chi connectivity index (χ4n) is 2.51. The third-order valence-electron chi connectivity index (χ3n) is 3.45. The molecular weight excluding hydrogens is 242 g/mol. The van der Waals surface area contributed by atoms with Crippen LogP contribution in [0.2, 0.25) is 0 Å². The number of esters is 1. The van der Waals surface area contributed by atoms with Crippen LogP contribution in [0.1, 0.15) is 19.8 Å². The van der Waals surface area contributed by atoms with Gasteiger partial charge in [0.1, 0.15) is 6.10 Å². The van der Waals surface area contributed by atoms with Gasteiger partial charge in [0.25, 0.3) is 0 Å². The van der Waals surface area contributed by atoms with Crippen LogP contribution in [0.3, 0.4) is 0 Å². The molecule has 0 amide bonds. The van der Waals surface area contributed by atoms with Crippen molar-refractivity contribution in [3.05, 3.63) is 24.3 Å². The van der Waals surface area contributed by atoms with Crippen molar-refractivity contribution >= 4 is 23.0 Å². The van der Waals surface area contributed by atoms with Crippen molar-refractivity contribution in [2.24, 2.45) is 0 Å². The van der Waals surface area contributed by atoms with E-state index >= 15 is 0 Å². The quantitative estimate of drug-likeness (QED) is 0.839. The maximum Gasteiger partial charge on any atom is 0.302 e. The lowest BCUT2D eigenvalue weighted by Gasteiger charge is -2.31. The molecule has 1 aromatic carbocycles. The third-order valence-corrected chi connectivity index (χ3v) is 3.45. The summed E-state index contributed by atoms with van der Waals surface area (Å²) < 4.78 is 5.24. The molecule has 0 spiro atoms. The first kappa shape index (κ1) is 12.0. The first-order valence-corrected chi connectivity index (χ1v) is 6.59. The number of hydrogen-bond acceptors (Lipinski definition) is 4. The minimum Gasteiger partial charge on any atom is -0.462 e. The van der Waals surface area contributed by atoms with Crippen LogP contribution in [-0.4, -0.2) is 35.1 Å². The zero-order valence-electron chi connectivity index (χ0n) is 10.9. The van der Waals surface area contributed by atoms with Crippen molar-refractivity contribution < 1.29 is 9.53 Å². The molecule has 100 valence electrons. The summed E-state index contributed by atoms with van der Waals surface area (Å²) in [5, 5.41) is 0. The molecule has 1 N–H and O–H groups in total. The molecule has 0 atom stereocenters. The fourth-order valence-corrected chi connectivity index (χ4v) is 2.51. The summed E-state index contributed by atoms with van der Waals surface area (Å²) in [6, 6.07) is 8.01. The predicted molar refractivity (Wildman–Crippen MR) is 73.1 cm³/mol. The molecule has 5 nitrogen and oxygen atoms in total. The number of piperidine rings is 1. The lowest BCUT2D eigenvalue weighted by atomic mass is 10.1. The number of imidazole rings is 1. The zero-order valence-corrected chi connectivity index (χ0v) is 10.9. The zero-order chi connectivity index (χ0) is 13.2. The van der Waals surface area contributed by atoms with Gasteiger partial charge in [-0.3, -0.25) is 4.79 Å². The van der Waals surface area contributed by atoms with Crippen LogP contribution in [0.5, 0.6) is 0 Å². The van der Waals surface area contributed by atoms with Crippen LogP contribution in [0, 0.1) is 0 Å². The van der Waals surface area contributed by atoms with Gasteiger partial charge >= 0.3 is 5.97 Å². The number of carbonyl (C=O) groups is 1. The maximum absolute atomic E-state index is 10.9. The molecule has 19 heavy (non-hydrogen) atoms. The van der Waals surface area contributed by atoms with Crippen LogP contribution in [0.15, 0.2) is 24.3 Å². The Morgan fingerprint density at radius 1 is 1.37 bits per heavy atom. The minimum absolute atomic E-state index is 0.0538. The minimum atomic E-state index is -0.192. The monoisotopic (exact) mass is 259 g/mol. The lowest BCUT2D eigenvalue weighted by Crippen LogP contribution is -2.38. The Morgan fingerprint density at radius 3 is 2.79 bits per heavy atom. The van der Waals surface area contributed by atoms with Gasteiger partial charge in [0.15, 0.2) is 0 Å². The van der Waals surface area contributed by atoms with Gasteiger partial charge in [-0.1, -0.05) is 12.1 Å². The number of nitrogens with zero attached hydrogens (tertiary/aromatic N) is 2. The molecule has 1 aliphatic rings. The summed E-state index contributed by atoms with van der Waals surface area (Å²) in [6.07, 6.45) is 1.77. The number of carbonyl (C=O) groups excluding carboxylic acids is 1. The highest BCUT2D eigenvalue weighted by molar-refractivity contribution is 5.77. The molecule has 5 heteroatoms. The highest BCUT2D eigenvalue weighted by Gasteiger charge is 2.22. The molecule has 2 aromatic rings. The van der Waals surface area contributed by atoms with E-state index in [1.54, 1.807) is 0 Å². The molecule has 0 radical (unpaired) electrons. The Morgan fingerprint density at radius 2 is 2.11 bits per heavy atom. The topological polar surface area (TPSA) is 58.2 Å². The van der Waals surface area contributed by atoms with Gasteiger partial charge in [0.05, 0.1) is 11.0 Å². The van der Waals surface area contributed by atoms with E-state index in [1.165, 1.54) is 6.92 Å². The molecule has 3 rings (SSSR count). The molecule has 2 heterocycles. The van der Waals surface area contributed by atoms with Crippen LogP contribution in [0.25, 0.3) is 11.0 Å². The maximum atomic E-state index is 10.9. The van der Waals surface area contributed by atoms with E-state index in [0.717, 1.165) is 42.9 Å². The van der Waals surface area contributed by atoms with Gasteiger partial charge in [-0.2, -0.15) is 0 Å². The molecule has 1 fully saturated rings. The van der Waals surface area contributed by atoms with Crippen molar-refractivity contribution in [3.8, 4) is 0 Å². The summed E-state index contributed by atoms with van der Waals surface area (Å²) in [7, 11) is 0. The third kappa shape index (κ3) is 2.54. The first-order chi connectivity index (χ1) is 9.22. The number of aromatic nitrogens is 2. The first-order valence-electron chi connectivity index (χ1n) is 6.59. The van der Waals surface area contributed by atoms with Crippen LogP contribution in [-0.2, 0) is 9.53 Å². The highest BCUT2D eigenvalue weighted by Crippen LogP contribution is 2.21. The van der Waals surface area contributed by atoms with Gasteiger partial charge in [0, 0.05) is 32.9 Å². The molecular formula is C14H17N3O2. The van der Waals surface area contributed by atoms with Gasteiger partial charge in [-0.25, -0.2) is 4.98 Å². The number of benzene rings is 1. The van der Waals surface area contributed by atoms with Crippen LogP contribution in [0.4, 0.5) is 5.95 Å². The van der Waals surface area contributed by atoms with Crippen LogP contribution < -0.4 is 4.90 Å². The Balaban J connectivity index is 1.69. The van der Waals surface area contributed by atoms with E-state index < -0.39 is 0 Å². The predicted octanol–water partition coefficient (Wildman–Crippen LogP) is 2.09. The molecule has 1 aromatic heterocycles. The molecule has 1 saturated heterocycles. The molecule has 1 aliphatic heterocycles. The van der Waals surface area contributed by atoms with Crippen molar-refractivity contribution in [1.29, 1.82) is 0 Å². The number of H-pyrrole nitrogens is 1. The Bertz CT molecular complexity index is 552. The number of para-hydroxylation sites is 2. The van der Waals surface area contributed by atoms with E-state index in [9.17, 15) is 4.79 Å². The highest BCUT2D eigenvalue weighted by atomic mass is 16.5. The molecule has 0 bridgehead atoms. The van der Waals surface area contributed by atoms with E-state index in [0.29, 0.717) is 0 Å². The average Bonchev–Trinajstić information content (AvgIpc) is 2.82. The van der Waals surface area contributed by atoms with Crippen molar-refractivity contribution in [3.63, 3.8) is 0 Å². The number of rotatable bonds is 2. The standard InChI is InChI=1S/C14H17N3O2/c1-10(18)19-11-6-8-17(9-7-11)14-15-12-4-2-3-5-13(12)16-14/h2-5,11H,6-9H2,1H3,(H,15,16).